The van der Waals surface area contributed by atoms with E-state index in [9.17, 15) is 4.79 Å². The first kappa shape index (κ1) is 15.4. The van der Waals surface area contributed by atoms with Gasteiger partial charge in [-0.1, -0.05) is 41.6 Å². The van der Waals surface area contributed by atoms with E-state index in [-0.39, 0.29) is 5.91 Å². The lowest BCUT2D eigenvalue weighted by Crippen LogP contribution is -2.49. The van der Waals surface area contributed by atoms with E-state index in [1.165, 1.54) is 6.20 Å². The summed E-state index contributed by atoms with van der Waals surface area (Å²) in [5.74, 6) is 1.43. The Morgan fingerprint density at radius 2 is 1.72 bits per heavy atom. The molecule has 1 aromatic carbocycles. The van der Waals surface area contributed by atoms with Crippen molar-refractivity contribution in [2.75, 3.05) is 31.1 Å². The first-order valence-corrected chi connectivity index (χ1v) is 8.28. The minimum Gasteiger partial charge on any atom is -0.355 e. The molecule has 0 unspecified atom stereocenters. The molecular weight excluding hydrogens is 316 g/mol. The molecule has 6 heteroatoms. The van der Waals surface area contributed by atoms with Crippen molar-refractivity contribution in [3.8, 4) is 11.3 Å². The molecule has 25 heavy (non-hydrogen) atoms. The summed E-state index contributed by atoms with van der Waals surface area (Å²) in [5, 5.41) is 3.83. The molecule has 0 N–H and O–H groups in total. The van der Waals surface area contributed by atoms with E-state index in [4.69, 9.17) is 4.52 Å². The van der Waals surface area contributed by atoms with Crippen molar-refractivity contribution in [1.29, 1.82) is 0 Å². The third kappa shape index (κ3) is 3.10. The number of rotatable bonds is 3. The Morgan fingerprint density at radius 3 is 2.44 bits per heavy atom. The third-order valence-electron chi connectivity index (χ3n) is 4.38. The van der Waals surface area contributed by atoms with E-state index < -0.39 is 0 Å². The van der Waals surface area contributed by atoms with Crippen LogP contribution in [0.15, 0.2) is 65.4 Å². The van der Waals surface area contributed by atoms with Gasteiger partial charge in [0, 0.05) is 37.9 Å². The Labute approximate surface area is 145 Å². The van der Waals surface area contributed by atoms with Crippen molar-refractivity contribution in [2.24, 2.45) is 0 Å². The molecule has 1 saturated heterocycles. The zero-order chi connectivity index (χ0) is 17.1. The molecule has 3 heterocycles. The molecule has 1 fully saturated rings. The summed E-state index contributed by atoms with van der Waals surface area (Å²) in [5.41, 5.74) is 1.37. The first-order chi connectivity index (χ1) is 12.3. The maximum absolute atomic E-state index is 12.9. The van der Waals surface area contributed by atoms with Gasteiger partial charge >= 0.3 is 0 Å². The number of carbonyl (C=O) groups excluding carboxylic acids is 1. The average molecular weight is 334 g/mol. The number of nitrogens with zero attached hydrogens (tertiary/aromatic N) is 4. The molecule has 126 valence electrons. The number of piperazine rings is 1. The van der Waals surface area contributed by atoms with Crippen LogP contribution < -0.4 is 4.90 Å². The molecule has 6 nitrogen and oxygen atoms in total. The number of hydrogen-bond donors (Lipinski definition) is 0. The van der Waals surface area contributed by atoms with Gasteiger partial charge in [-0.3, -0.25) is 4.79 Å². The fourth-order valence-corrected chi connectivity index (χ4v) is 3.04. The quantitative estimate of drug-likeness (QED) is 0.737. The van der Waals surface area contributed by atoms with Gasteiger partial charge < -0.3 is 14.3 Å². The fourth-order valence-electron chi connectivity index (χ4n) is 3.04. The van der Waals surface area contributed by atoms with Crippen molar-refractivity contribution < 1.29 is 9.32 Å². The molecule has 0 atom stereocenters. The SMILES string of the molecule is O=C(c1cnoc1-c1ccccc1)N1CCN(c2ccccn2)CC1. The van der Waals surface area contributed by atoms with Crippen molar-refractivity contribution in [3.63, 3.8) is 0 Å². The van der Waals surface area contributed by atoms with Gasteiger partial charge in [-0.25, -0.2) is 4.98 Å². The maximum Gasteiger partial charge on any atom is 0.259 e. The number of carbonyl (C=O) groups is 1. The lowest BCUT2D eigenvalue weighted by atomic mass is 10.1. The normalized spacial score (nSPS) is 14.6. The van der Waals surface area contributed by atoms with Crippen LogP contribution in [0.1, 0.15) is 10.4 Å². The second kappa shape index (κ2) is 6.76. The highest BCUT2D eigenvalue weighted by molar-refractivity contribution is 5.99. The fraction of sp³-hybridized carbons (Fsp3) is 0.211. The topological polar surface area (TPSA) is 62.5 Å². The molecule has 0 saturated carbocycles. The minimum absolute atomic E-state index is 0.0410. The van der Waals surface area contributed by atoms with Gasteiger partial charge in [0.25, 0.3) is 5.91 Å². The highest BCUT2D eigenvalue weighted by atomic mass is 16.5. The van der Waals surface area contributed by atoms with Crippen LogP contribution in [0.4, 0.5) is 5.82 Å². The van der Waals surface area contributed by atoms with Crippen LogP contribution in [0.25, 0.3) is 11.3 Å². The van der Waals surface area contributed by atoms with Crippen molar-refractivity contribution >= 4 is 11.7 Å². The monoisotopic (exact) mass is 334 g/mol. The van der Waals surface area contributed by atoms with Crippen LogP contribution >= 0.6 is 0 Å². The molecule has 0 aliphatic carbocycles. The number of benzene rings is 1. The highest BCUT2D eigenvalue weighted by Crippen LogP contribution is 2.25. The Morgan fingerprint density at radius 1 is 0.960 bits per heavy atom. The van der Waals surface area contributed by atoms with Crippen molar-refractivity contribution in [2.45, 2.75) is 0 Å². The molecule has 3 aromatic rings. The van der Waals surface area contributed by atoms with Crippen LogP contribution in [-0.2, 0) is 0 Å². The molecule has 1 amide bonds. The number of pyridine rings is 1. The van der Waals surface area contributed by atoms with E-state index in [1.54, 1.807) is 6.20 Å². The van der Waals surface area contributed by atoms with Gasteiger partial charge in [0.15, 0.2) is 5.76 Å². The van der Waals surface area contributed by atoms with E-state index in [0.29, 0.717) is 24.4 Å². The summed E-state index contributed by atoms with van der Waals surface area (Å²) in [6.07, 6.45) is 3.30. The van der Waals surface area contributed by atoms with E-state index in [1.807, 2.05) is 53.4 Å². The van der Waals surface area contributed by atoms with Crippen molar-refractivity contribution in [1.82, 2.24) is 15.0 Å². The Kier molecular flexibility index (Phi) is 4.16. The van der Waals surface area contributed by atoms with Crippen LogP contribution in [0, 0.1) is 0 Å². The van der Waals surface area contributed by atoms with E-state index in [2.05, 4.69) is 15.0 Å². The highest BCUT2D eigenvalue weighted by Gasteiger charge is 2.26. The summed E-state index contributed by atoms with van der Waals surface area (Å²) in [4.78, 5) is 21.3. The molecule has 0 spiro atoms. The molecular formula is C19H18N4O2. The lowest BCUT2D eigenvalue weighted by Gasteiger charge is -2.35. The van der Waals surface area contributed by atoms with Gasteiger partial charge in [-0.05, 0) is 12.1 Å². The van der Waals surface area contributed by atoms with E-state index >= 15 is 0 Å². The van der Waals surface area contributed by atoms with E-state index in [0.717, 1.165) is 24.5 Å². The molecule has 1 aliphatic rings. The molecule has 0 bridgehead atoms. The number of amides is 1. The first-order valence-electron chi connectivity index (χ1n) is 8.28. The largest absolute Gasteiger partial charge is 0.355 e. The van der Waals surface area contributed by atoms with Gasteiger partial charge in [-0.2, -0.15) is 0 Å². The molecule has 4 rings (SSSR count). The Hall–Kier alpha value is -3.15. The second-order valence-corrected chi connectivity index (χ2v) is 5.90. The zero-order valence-corrected chi connectivity index (χ0v) is 13.7. The standard InChI is InChI=1S/C19H18N4O2/c24-19(16-14-21-25-18(16)15-6-2-1-3-7-15)23-12-10-22(11-13-23)17-8-4-5-9-20-17/h1-9,14H,10-13H2. The van der Waals surface area contributed by atoms with Crippen molar-refractivity contribution in [3.05, 3.63) is 66.5 Å². The Bertz CT molecular complexity index is 840. The number of aromatic nitrogens is 2. The second-order valence-electron chi connectivity index (χ2n) is 5.90. The molecule has 1 aliphatic heterocycles. The summed E-state index contributed by atoms with van der Waals surface area (Å²) >= 11 is 0. The predicted molar refractivity (Wildman–Crippen MR) is 94.3 cm³/mol. The minimum atomic E-state index is -0.0410. The molecule has 0 radical (unpaired) electrons. The lowest BCUT2D eigenvalue weighted by molar-refractivity contribution is 0.0747. The van der Waals surface area contributed by atoms with Gasteiger partial charge in [-0.15, -0.1) is 0 Å². The van der Waals surface area contributed by atoms with Crippen LogP contribution in [0.5, 0.6) is 0 Å². The van der Waals surface area contributed by atoms with Gasteiger partial charge in [0.1, 0.15) is 11.4 Å². The summed E-state index contributed by atoms with van der Waals surface area (Å²) < 4.78 is 5.34. The third-order valence-corrected chi connectivity index (χ3v) is 4.38. The summed E-state index contributed by atoms with van der Waals surface area (Å²) in [6, 6.07) is 15.5. The van der Waals surface area contributed by atoms with Gasteiger partial charge in [0.2, 0.25) is 0 Å². The molecule has 2 aromatic heterocycles. The van der Waals surface area contributed by atoms with Crippen LogP contribution in [-0.4, -0.2) is 47.1 Å². The Balaban J connectivity index is 1.48. The number of anilines is 1. The summed E-state index contributed by atoms with van der Waals surface area (Å²) in [7, 11) is 0. The zero-order valence-electron chi connectivity index (χ0n) is 13.7. The summed E-state index contributed by atoms with van der Waals surface area (Å²) in [6.45, 7) is 2.81. The van der Waals surface area contributed by atoms with Crippen LogP contribution in [0.2, 0.25) is 0 Å². The predicted octanol–water partition coefficient (Wildman–Crippen LogP) is 2.70. The van der Waals surface area contributed by atoms with Crippen LogP contribution in [0.3, 0.4) is 0 Å². The average Bonchev–Trinajstić information content (AvgIpc) is 3.19. The van der Waals surface area contributed by atoms with Gasteiger partial charge in [0.05, 0.1) is 6.20 Å². The maximum atomic E-state index is 12.9. The number of hydrogen-bond acceptors (Lipinski definition) is 5. The smallest absolute Gasteiger partial charge is 0.259 e.